The summed E-state index contributed by atoms with van der Waals surface area (Å²) in [7, 11) is 0. The minimum atomic E-state index is -0.266. The average molecular weight is 386 g/mol. The highest BCUT2D eigenvalue weighted by Gasteiger charge is 2.26. The van der Waals surface area contributed by atoms with Gasteiger partial charge in [0, 0.05) is 30.0 Å². The number of aromatic nitrogens is 2. The quantitative estimate of drug-likeness (QED) is 0.498. The van der Waals surface area contributed by atoms with Gasteiger partial charge >= 0.3 is 0 Å². The lowest BCUT2D eigenvalue weighted by Crippen LogP contribution is -2.33. The molecule has 144 valence electrons. The molecule has 0 radical (unpaired) electrons. The zero-order valence-electron chi connectivity index (χ0n) is 15.4. The van der Waals surface area contributed by atoms with Crippen molar-refractivity contribution in [3.8, 4) is 11.5 Å². The molecule has 1 unspecified atom stereocenters. The Balaban J connectivity index is 1.36. The van der Waals surface area contributed by atoms with E-state index in [1.54, 1.807) is 0 Å². The van der Waals surface area contributed by atoms with Crippen molar-refractivity contribution in [2.45, 2.75) is 12.3 Å². The van der Waals surface area contributed by atoms with Crippen LogP contribution in [0.3, 0.4) is 0 Å². The van der Waals surface area contributed by atoms with Crippen molar-refractivity contribution in [2.75, 3.05) is 11.9 Å². The third kappa shape index (κ3) is 3.16. The highest BCUT2D eigenvalue weighted by atomic mass is 16.3. The van der Waals surface area contributed by atoms with Crippen LogP contribution in [0.5, 0.6) is 0 Å². The summed E-state index contributed by atoms with van der Waals surface area (Å²) in [4.78, 5) is 24.8. The van der Waals surface area contributed by atoms with Crippen molar-refractivity contribution in [3.63, 3.8) is 0 Å². The van der Waals surface area contributed by atoms with Gasteiger partial charge in [0.15, 0.2) is 5.76 Å². The van der Waals surface area contributed by atoms with Gasteiger partial charge in [0.05, 0.1) is 11.8 Å². The number of hydrogen-bond acceptors (Lipinski definition) is 4. The number of amides is 2. The molecule has 2 aromatic heterocycles. The Kier molecular flexibility index (Phi) is 4.13. The molecule has 3 heterocycles. The number of nitrogens with one attached hydrogen (secondary N) is 3. The molecule has 0 bridgehead atoms. The van der Waals surface area contributed by atoms with Gasteiger partial charge in [-0.2, -0.15) is 5.10 Å². The van der Waals surface area contributed by atoms with Crippen LogP contribution in [0.15, 0.2) is 65.2 Å². The maximum atomic E-state index is 12.8. The second-order valence-corrected chi connectivity index (χ2v) is 7.05. The van der Waals surface area contributed by atoms with Crippen molar-refractivity contribution in [1.82, 2.24) is 15.5 Å². The summed E-state index contributed by atoms with van der Waals surface area (Å²) in [6.07, 6.45) is 1.82. The number of fused-ring (bicyclic) bond motifs is 2. The summed E-state index contributed by atoms with van der Waals surface area (Å²) in [5, 5.41) is 13.6. The Bertz CT molecular complexity index is 1190. The van der Waals surface area contributed by atoms with Crippen LogP contribution < -0.4 is 10.6 Å². The molecule has 3 N–H and O–H groups in total. The lowest BCUT2D eigenvalue weighted by atomic mass is 9.90. The normalized spacial score (nSPS) is 15.7. The van der Waals surface area contributed by atoms with Gasteiger partial charge in [-0.1, -0.05) is 36.4 Å². The van der Waals surface area contributed by atoms with E-state index in [-0.39, 0.29) is 17.7 Å². The van der Waals surface area contributed by atoms with Gasteiger partial charge in [-0.15, -0.1) is 0 Å². The summed E-state index contributed by atoms with van der Waals surface area (Å²) in [6, 6.07) is 17.2. The predicted molar refractivity (Wildman–Crippen MR) is 109 cm³/mol. The topological polar surface area (TPSA) is 100 Å². The summed E-state index contributed by atoms with van der Waals surface area (Å²) in [6.45, 7) is 0.355. The van der Waals surface area contributed by atoms with Gasteiger partial charge in [0.25, 0.3) is 5.91 Å². The molecule has 0 aliphatic carbocycles. The fourth-order valence-corrected chi connectivity index (χ4v) is 3.75. The fraction of sp³-hybridized carbons (Fsp3) is 0.136. The first-order valence-corrected chi connectivity index (χ1v) is 9.38. The van der Waals surface area contributed by atoms with Crippen molar-refractivity contribution >= 4 is 28.5 Å². The Hall–Kier alpha value is -3.87. The highest BCUT2D eigenvalue weighted by molar-refractivity contribution is 6.00. The van der Waals surface area contributed by atoms with Gasteiger partial charge in [0.2, 0.25) is 5.91 Å². The minimum Gasteiger partial charge on any atom is -0.454 e. The van der Waals surface area contributed by atoms with Gasteiger partial charge in [-0.05, 0) is 23.8 Å². The molecule has 1 atom stereocenters. The van der Waals surface area contributed by atoms with E-state index in [2.05, 4.69) is 20.8 Å². The Morgan fingerprint density at radius 3 is 2.90 bits per heavy atom. The van der Waals surface area contributed by atoms with Crippen LogP contribution in [0.4, 0.5) is 5.69 Å². The number of carbonyl (C=O) groups is 2. The van der Waals surface area contributed by atoms with Crippen molar-refractivity contribution in [2.24, 2.45) is 0 Å². The largest absolute Gasteiger partial charge is 0.454 e. The van der Waals surface area contributed by atoms with Gasteiger partial charge in [-0.3, -0.25) is 14.7 Å². The third-order valence-electron chi connectivity index (χ3n) is 5.17. The molecule has 0 saturated carbocycles. The van der Waals surface area contributed by atoms with E-state index in [1.807, 2.05) is 54.6 Å². The third-order valence-corrected chi connectivity index (χ3v) is 5.17. The van der Waals surface area contributed by atoms with Crippen molar-refractivity contribution in [1.29, 1.82) is 0 Å². The molecular formula is C22H18N4O3. The van der Waals surface area contributed by atoms with E-state index in [0.717, 1.165) is 22.2 Å². The van der Waals surface area contributed by atoms with Crippen LogP contribution in [-0.4, -0.2) is 28.6 Å². The highest BCUT2D eigenvalue weighted by Crippen LogP contribution is 2.32. The van der Waals surface area contributed by atoms with E-state index < -0.39 is 0 Å². The number of carbonyl (C=O) groups excluding carboxylic acids is 2. The van der Waals surface area contributed by atoms with Crippen molar-refractivity contribution < 1.29 is 14.0 Å². The number of H-pyrrole nitrogens is 1. The van der Waals surface area contributed by atoms with Crippen LogP contribution >= 0.6 is 0 Å². The number of hydrogen-bond donors (Lipinski definition) is 3. The van der Waals surface area contributed by atoms with Gasteiger partial charge < -0.3 is 15.1 Å². The molecule has 7 heteroatoms. The molecule has 1 aliphatic heterocycles. The lowest BCUT2D eigenvalue weighted by molar-refractivity contribution is -0.116. The van der Waals surface area contributed by atoms with Gasteiger partial charge in [-0.25, -0.2) is 0 Å². The number of furan rings is 1. The second-order valence-electron chi connectivity index (χ2n) is 7.05. The van der Waals surface area contributed by atoms with Crippen LogP contribution in [0.25, 0.3) is 22.4 Å². The summed E-state index contributed by atoms with van der Waals surface area (Å²) in [5.41, 5.74) is 3.50. The van der Waals surface area contributed by atoms with Gasteiger partial charge in [0.1, 0.15) is 11.3 Å². The standard InChI is InChI=1S/C22H18N4O3/c27-20-10-14(15-6-2-3-7-17(15)25-20)11-23-22(28)16-12-24-26-21(16)19-9-13-5-1-4-8-18(13)29-19/h1-9,12,14H,10-11H2,(H,23,28)(H,24,26)(H,25,27). The van der Waals surface area contributed by atoms with E-state index in [9.17, 15) is 9.59 Å². The van der Waals surface area contributed by atoms with E-state index in [0.29, 0.717) is 30.0 Å². The maximum Gasteiger partial charge on any atom is 0.255 e. The number of benzene rings is 2. The minimum absolute atomic E-state index is 0.0470. The Morgan fingerprint density at radius 1 is 1.17 bits per heavy atom. The van der Waals surface area contributed by atoms with E-state index >= 15 is 0 Å². The van der Waals surface area contributed by atoms with E-state index in [4.69, 9.17) is 4.42 Å². The second kappa shape index (κ2) is 6.94. The van der Waals surface area contributed by atoms with Crippen LogP contribution in [-0.2, 0) is 4.79 Å². The number of rotatable bonds is 4. The zero-order valence-corrected chi connectivity index (χ0v) is 15.4. The summed E-state index contributed by atoms with van der Waals surface area (Å²) in [5.74, 6) is 0.161. The number of para-hydroxylation sites is 2. The molecule has 0 spiro atoms. The predicted octanol–water partition coefficient (Wildman–Crippen LogP) is 3.68. The lowest BCUT2D eigenvalue weighted by Gasteiger charge is -2.25. The fourth-order valence-electron chi connectivity index (χ4n) is 3.75. The molecule has 7 nitrogen and oxygen atoms in total. The summed E-state index contributed by atoms with van der Waals surface area (Å²) >= 11 is 0. The maximum absolute atomic E-state index is 12.8. The van der Waals surface area contributed by atoms with Crippen LogP contribution in [0.2, 0.25) is 0 Å². The number of anilines is 1. The van der Waals surface area contributed by atoms with Crippen LogP contribution in [0, 0.1) is 0 Å². The molecular weight excluding hydrogens is 368 g/mol. The zero-order chi connectivity index (χ0) is 19.8. The Labute approximate surface area is 166 Å². The smallest absolute Gasteiger partial charge is 0.255 e. The van der Waals surface area contributed by atoms with Crippen molar-refractivity contribution in [3.05, 3.63) is 71.9 Å². The Morgan fingerprint density at radius 2 is 2.00 bits per heavy atom. The number of nitrogens with zero attached hydrogens (tertiary/aromatic N) is 1. The van der Waals surface area contributed by atoms with Crippen LogP contribution in [0.1, 0.15) is 28.3 Å². The number of aromatic amines is 1. The molecule has 29 heavy (non-hydrogen) atoms. The first-order chi connectivity index (χ1) is 14.2. The first-order valence-electron chi connectivity index (χ1n) is 9.38. The monoisotopic (exact) mass is 386 g/mol. The molecule has 5 rings (SSSR count). The molecule has 2 aromatic carbocycles. The average Bonchev–Trinajstić information content (AvgIpc) is 3.38. The first kappa shape index (κ1) is 17.2. The van der Waals surface area contributed by atoms with E-state index in [1.165, 1.54) is 6.20 Å². The molecule has 0 fully saturated rings. The molecule has 2 amide bonds. The SMILES string of the molecule is O=C1CC(CNC(=O)c2cn[nH]c2-c2cc3ccccc3o2)c2ccccc2N1. The molecule has 1 aliphatic rings. The molecule has 0 saturated heterocycles. The molecule has 4 aromatic rings. The summed E-state index contributed by atoms with van der Waals surface area (Å²) < 4.78 is 5.85.